The second-order valence-electron chi connectivity index (χ2n) is 6.45. The Kier molecular flexibility index (Phi) is 3.92. The summed E-state index contributed by atoms with van der Waals surface area (Å²) in [6, 6.07) is 5.25. The van der Waals surface area contributed by atoms with E-state index in [0.717, 1.165) is 10.8 Å². The van der Waals surface area contributed by atoms with E-state index in [4.69, 9.17) is 0 Å². The van der Waals surface area contributed by atoms with Crippen LogP contribution in [-0.4, -0.2) is 19.8 Å². The molecule has 0 N–H and O–H groups in total. The minimum atomic E-state index is -1.47. The zero-order valence-electron chi connectivity index (χ0n) is 11.6. The normalized spacial score (nSPS) is 13.4. The molecule has 0 radical (unpaired) electrons. The molecule has 0 saturated heterocycles. The summed E-state index contributed by atoms with van der Waals surface area (Å²) in [5.41, 5.74) is 0.739. The predicted molar refractivity (Wildman–Crippen MR) is 76.7 cm³/mol. The van der Waals surface area contributed by atoms with Crippen molar-refractivity contribution in [1.29, 1.82) is 0 Å². The van der Waals surface area contributed by atoms with Crippen LogP contribution < -0.4 is 5.19 Å². The summed E-state index contributed by atoms with van der Waals surface area (Å²) in [4.78, 5) is 4.41. The molecule has 1 aromatic rings. The van der Waals surface area contributed by atoms with Crippen molar-refractivity contribution >= 4 is 19.5 Å². The maximum Gasteiger partial charge on any atom is 0.123 e. The van der Waals surface area contributed by atoms with Gasteiger partial charge in [-0.15, -0.1) is 0 Å². The highest BCUT2D eigenvalue weighted by Crippen LogP contribution is 2.09. The molecule has 0 atom stereocenters. The van der Waals surface area contributed by atoms with Crippen LogP contribution in [0.1, 0.15) is 26.3 Å². The lowest BCUT2D eigenvalue weighted by atomic mass is 10.1. The summed E-state index contributed by atoms with van der Waals surface area (Å²) in [6.45, 7) is 12.7. The van der Waals surface area contributed by atoms with Crippen LogP contribution in [0.15, 0.2) is 23.2 Å². The van der Waals surface area contributed by atoms with E-state index in [-0.39, 0.29) is 11.4 Å². The average Bonchev–Trinajstić information content (AvgIpc) is 2.11. The van der Waals surface area contributed by atoms with Crippen LogP contribution in [0.3, 0.4) is 0 Å². The summed E-state index contributed by atoms with van der Waals surface area (Å²) < 4.78 is 13.5. The Bertz CT molecular complexity index is 425. The third-order valence-electron chi connectivity index (χ3n) is 2.39. The molecule has 0 aliphatic heterocycles. The number of halogens is 1. The fourth-order valence-electron chi connectivity index (χ4n) is 1.39. The molecule has 0 aromatic heterocycles. The number of benzene rings is 1. The highest BCUT2D eigenvalue weighted by atomic mass is 28.3. The fraction of sp³-hybridized carbons (Fsp3) is 0.500. The van der Waals surface area contributed by atoms with E-state index < -0.39 is 8.07 Å². The van der Waals surface area contributed by atoms with E-state index in [1.165, 1.54) is 0 Å². The second kappa shape index (κ2) is 4.73. The van der Waals surface area contributed by atoms with Gasteiger partial charge in [0.05, 0.1) is 13.6 Å². The first-order valence-corrected chi connectivity index (χ1v) is 9.44. The molecule has 0 saturated carbocycles. The minimum Gasteiger partial charge on any atom is -0.287 e. The van der Waals surface area contributed by atoms with Gasteiger partial charge in [0.15, 0.2) is 0 Å². The maximum atomic E-state index is 13.5. The Labute approximate surface area is 105 Å². The van der Waals surface area contributed by atoms with Gasteiger partial charge in [-0.1, -0.05) is 30.9 Å². The maximum absolute atomic E-state index is 13.5. The molecule has 1 nitrogen and oxygen atoms in total. The molecular formula is C14H22FNSi. The molecule has 0 fully saturated rings. The summed E-state index contributed by atoms with van der Waals surface area (Å²) in [6.07, 6.45) is 1.77. The van der Waals surface area contributed by atoms with Gasteiger partial charge in [-0.2, -0.15) is 0 Å². The van der Waals surface area contributed by atoms with Crippen LogP contribution in [0, 0.1) is 5.82 Å². The summed E-state index contributed by atoms with van der Waals surface area (Å²) >= 11 is 0. The van der Waals surface area contributed by atoms with Crippen molar-refractivity contribution in [2.75, 3.05) is 0 Å². The molecule has 0 aliphatic carbocycles. The number of hydrogen-bond donors (Lipinski definition) is 0. The molecule has 1 aromatic carbocycles. The Morgan fingerprint density at radius 3 is 2.18 bits per heavy atom. The zero-order chi connectivity index (χ0) is 13.3. The van der Waals surface area contributed by atoms with Gasteiger partial charge in [0, 0.05) is 6.21 Å². The topological polar surface area (TPSA) is 12.4 Å². The van der Waals surface area contributed by atoms with Crippen molar-refractivity contribution in [2.24, 2.45) is 4.99 Å². The van der Waals surface area contributed by atoms with Crippen LogP contribution in [0.5, 0.6) is 0 Å². The Hall–Kier alpha value is -0.963. The minimum absolute atomic E-state index is 0.119. The van der Waals surface area contributed by atoms with Crippen LogP contribution in [0.25, 0.3) is 0 Å². The molecular weight excluding hydrogens is 229 g/mol. The van der Waals surface area contributed by atoms with Crippen LogP contribution in [-0.2, 0) is 0 Å². The molecule has 0 spiro atoms. The largest absolute Gasteiger partial charge is 0.287 e. The first kappa shape index (κ1) is 14.1. The van der Waals surface area contributed by atoms with Crippen LogP contribution >= 0.6 is 0 Å². The summed E-state index contributed by atoms with van der Waals surface area (Å²) in [5, 5.41) is 1.13. The Morgan fingerprint density at radius 2 is 1.71 bits per heavy atom. The zero-order valence-corrected chi connectivity index (χ0v) is 12.6. The van der Waals surface area contributed by atoms with Gasteiger partial charge in [0.2, 0.25) is 0 Å². The number of nitrogens with zero attached hydrogens (tertiary/aromatic N) is 1. The van der Waals surface area contributed by atoms with Crippen molar-refractivity contribution in [3.63, 3.8) is 0 Å². The number of hydrogen-bond acceptors (Lipinski definition) is 1. The standard InChI is InChI=1S/C14H22FNSi/c1-14(2,3)16-10-11-7-12(15)9-13(8-11)17(4,5)6/h7-10H,1-6H3. The van der Waals surface area contributed by atoms with Gasteiger partial charge in [-0.3, -0.25) is 4.99 Å². The summed E-state index contributed by atoms with van der Waals surface area (Å²) in [5.74, 6) is -0.166. The number of rotatable bonds is 2. The second-order valence-corrected chi connectivity index (χ2v) is 11.5. The fourth-order valence-corrected chi connectivity index (χ4v) is 2.56. The van der Waals surface area contributed by atoms with Gasteiger partial charge < -0.3 is 0 Å². The Morgan fingerprint density at radius 1 is 1.12 bits per heavy atom. The SMILES string of the molecule is CC(C)(C)N=Cc1cc(F)cc([Si](C)(C)C)c1. The lowest BCUT2D eigenvalue weighted by Crippen LogP contribution is -2.38. The smallest absolute Gasteiger partial charge is 0.123 e. The molecule has 0 heterocycles. The van der Waals surface area contributed by atoms with Gasteiger partial charge in [-0.25, -0.2) is 4.39 Å². The highest BCUT2D eigenvalue weighted by molar-refractivity contribution is 6.88. The Balaban J connectivity index is 3.11. The molecule has 3 heteroatoms. The summed E-state index contributed by atoms with van der Waals surface area (Å²) in [7, 11) is -1.47. The van der Waals surface area contributed by atoms with Crippen molar-refractivity contribution in [1.82, 2.24) is 0 Å². The first-order chi connectivity index (χ1) is 7.58. The molecule has 17 heavy (non-hydrogen) atoms. The third kappa shape index (κ3) is 4.82. The number of aliphatic imine (C=N–C) groups is 1. The van der Waals surface area contributed by atoms with E-state index in [9.17, 15) is 4.39 Å². The molecule has 0 amide bonds. The van der Waals surface area contributed by atoms with E-state index in [1.807, 2.05) is 20.8 Å². The average molecular weight is 251 g/mol. The van der Waals surface area contributed by atoms with E-state index in [1.54, 1.807) is 18.3 Å². The molecule has 0 unspecified atom stereocenters. The van der Waals surface area contributed by atoms with E-state index in [2.05, 4.69) is 30.7 Å². The third-order valence-corrected chi connectivity index (χ3v) is 4.41. The van der Waals surface area contributed by atoms with Gasteiger partial charge in [-0.05, 0) is 38.5 Å². The molecule has 1 rings (SSSR count). The predicted octanol–water partition coefficient (Wildman–Crippen LogP) is 3.59. The van der Waals surface area contributed by atoms with Crippen molar-refractivity contribution in [2.45, 2.75) is 46.0 Å². The monoisotopic (exact) mass is 251 g/mol. The van der Waals surface area contributed by atoms with Crippen LogP contribution in [0.2, 0.25) is 19.6 Å². The molecule has 94 valence electrons. The lowest BCUT2D eigenvalue weighted by Gasteiger charge is -2.17. The first-order valence-electron chi connectivity index (χ1n) is 5.94. The van der Waals surface area contributed by atoms with Gasteiger partial charge in [0.25, 0.3) is 0 Å². The quantitative estimate of drug-likeness (QED) is 0.563. The lowest BCUT2D eigenvalue weighted by molar-refractivity contribution is 0.586. The van der Waals surface area contributed by atoms with Crippen molar-refractivity contribution < 1.29 is 4.39 Å². The highest BCUT2D eigenvalue weighted by Gasteiger charge is 2.17. The van der Waals surface area contributed by atoms with Crippen molar-refractivity contribution in [3.05, 3.63) is 29.6 Å². The van der Waals surface area contributed by atoms with E-state index >= 15 is 0 Å². The molecule has 0 bridgehead atoms. The van der Waals surface area contributed by atoms with Gasteiger partial charge >= 0.3 is 0 Å². The molecule has 0 aliphatic rings. The van der Waals surface area contributed by atoms with Crippen molar-refractivity contribution in [3.8, 4) is 0 Å². The van der Waals surface area contributed by atoms with Gasteiger partial charge in [0.1, 0.15) is 5.82 Å². The van der Waals surface area contributed by atoms with Crippen LogP contribution in [0.4, 0.5) is 4.39 Å². The van der Waals surface area contributed by atoms with E-state index in [0.29, 0.717) is 0 Å².